The molecular weight excluding hydrogens is 290 g/mol. The Morgan fingerprint density at radius 2 is 1.48 bits per heavy atom. The number of piperazine rings is 1. The first-order valence-electron chi connectivity index (χ1n) is 9.65. The molecule has 1 saturated carbocycles. The molecule has 1 aliphatic carbocycles. The summed E-state index contributed by atoms with van der Waals surface area (Å²) in [4.78, 5) is 5.20. The monoisotopic (exact) mass is 325 g/mol. The van der Waals surface area contributed by atoms with Crippen LogP contribution >= 0.6 is 0 Å². The standard InChI is InChI=1S/C18H35N3O2/c1-15(2)22-17-13-18(14-17)23-16-3-7-20(8-4-16)11-12-21-9-5-19-6-10-21/h15-19H,3-14H2,1-2H3/t17-,18-. The topological polar surface area (TPSA) is 37.0 Å². The highest BCUT2D eigenvalue weighted by Crippen LogP contribution is 2.30. The van der Waals surface area contributed by atoms with E-state index in [1.807, 2.05) is 0 Å². The summed E-state index contributed by atoms with van der Waals surface area (Å²) >= 11 is 0. The van der Waals surface area contributed by atoms with Gasteiger partial charge in [-0.15, -0.1) is 0 Å². The van der Waals surface area contributed by atoms with Crippen molar-refractivity contribution in [3.8, 4) is 0 Å². The van der Waals surface area contributed by atoms with Crippen LogP contribution in [0.1, 0.15) is 39.5 Å². The first-order valence-corrected chi connectivity index (χ1v) is 9.65. The van der Waals surface area contributed by atoms with Crippen LogP contribution in [0.2, 0.25) is 0 Å². The van der Waals surface area contributed by atoms with Crippen LogP contribution in [-0.4, -0.2) is 86.6 Å². The van der Waals surface area contributed by atoms with Crippen molar-refractivity contribution in [2.75, 3.05) is 52.4 Å². The smallest absolute Gasteiger partial charge is 0.0628 e. The predicted molar refractivity (Wildman–Crippen MR) is 92.9 cm³/mol. The van der Waals surface area contributed by atoms with Crippen molar-refractivity contribution in [3.05, 3.63) is 0 Å². The fourth-order valence-electron chi connectivity index (χ4n) is 3.88. The number of likely N-dealkylation sites (tertiary alicyclic amines) is 1. The van der Waals surface area contributed by atoms with Crippen LogP contribution in [0, 0.1) is 0 Å². The predicted octanol–water partition coefficient (Wildman–Crippen LogP) is 1.33. The van der Waals surface area contributed by atoms with E-state index in [2.05, 4.69) is 29.0 Å². The molecule has 3 aliphatic rings. The van der Waals surface area contributed by atoms with E-state index in [-0.39, 0.29) is 0 Å². The van der Waals surface area contributed by atoms with E-state index in [0.29, 0.717) is 24.4 Å². The molecule has 2 aliphatic heterocycles. The van der Waals surface area contributed by atoms with E-state index in [1.165, 1.54) is 52.1 Å². The van der Waals surface area contributed by atoms with Crippen molar-refractivity contribution in [3.63, 3.8) is 0 Å². The number of hydrogen-bond donors (Lipinski definition) is 1. The van der Waals surface area contributed by atoms with Crippen LogP contribution in [-0.2, 0) is 9.47 Å². The minimum Gasteiger partial charge on any atom is -0.375 e. The third-order valence-corrected chi connectivity index (χ3v) is 5.38. The molecule has 0 unspecified atom stereocenters. The molecule has 0 amide bonds. The Kier molecular flexibility index (Phi) is 6.72. The molecule has 0 aromatic rings. The molecule has 0 aromatic heterocycles. The van der Waals surface area contributed by atoms with Gasteiger partial charge in [-0.1, -0.05) is 0 Å². The molecule has 0 atom stereocenters. The molecule has 0 bridgehead atoms. The normalized spacial score (nSPS) is 31.4. The largest absolute Gasteiger partial charge is 0.375 e. The summed E-state index contributed by atoms with van der Waals surface area (Å²) in [6.07, 6.45) is 6.33. The van der Waals surface area contributed by atoms with E-state index in [1.54, 1.807) is 0 Å². The molecule has 3 rings (SSSR count). The van der Waals surface area contributed by atoms with Crippen LogP contribution in [0.5, 0.6) is 0 Å². The fraction of sp³-hybridized carbons (Fsp3) is 1.00. The van der Waals surface area contributed by atoms with Crippen LogP contribution in [0.3, 0.4) is 0 Å². The maximum atomic E-state index is 6.26. The van der Waals surface area contributed by atoms with Gasteiger partial charge in [0.2, 0.25) is 0 Å². The Bertz CT molecular complexity index is 333. The van der Waals surface area contributed by atoms with Gasteiger partial charge in [0.25, 0.3) is 0 Å². The molecule has 5 nitrogen and oxygen atoms in total. The lowest BCUT2D eigenvalue weighted by Crippen LogP contribution is -2.48. The van der Waals surface area contributed by atoms with Crippen molar-refractivity contribution in [1.82, 2.24) is 15.1 Å². The fourth-order valence-corrected chi connectivity index (χ4v) is 3.88. The number of nitrogens with zero attached hydrogens (tertiary/aromatic N) is 2. The average Bonchev–Trinajstić information content (AvgIpc) is 2.53. The number of nitrogens with one attached hydrogen (secondary N) is 1. The maximum absolute atomic E-state index is 6.26. The van der Waals surface area contributed by atoms with Crippen molar-refractivity contribution < 1.29 is 9.47 Å². The van der Waals surface area contributed by atoms with Gasteiger partial charge >= 0.3 is 0 Å². The molecule has 1 N–H and O–H groups in total. The lowest BCUT2D eigenvalue weighted by molar-refractivity contribution is -0.146. The van der Waals surface area contributed by atoms with Gasteiger partial charge in [0.1, 0.15) is 0 Å². The van der Waals surface area contributed by atoms with Crippen molar-refractivity contribution in [2.24, 2.45) is 0 Å². The number of piperidine rings is 1. The second-order valence-electron chi connectivity index (χ2n) is 7.67. The van der Waals surface area contributed by atoms with Crippen molar-refractivity contribution in [2.45, 2.75) is 63.9 Å². The lowest BCUT2D eigenvalue weighted by Gasteiger charge is -2.40. The molecule has 134 valence electrons. The highest BCUT2D eigenvalue weighted by atomic mass is 16.5. The second-order valence-corrected chi connectivity index (χ2v) is 7.67. The average molecular weight is 325 g/mol. The zero-order valence-corrected chi connectivity index (χ0v) is 15.0. The first-order chi connectivity index (χ1) is 11.2. The minimum atomic E-state index is 0.347. The van der Waals surface area contributed by atoms with Gasteiger partial charge in [0.05, 0.1) is 24.4 Å². The van der Waals surface area contributed by atoms with Crippen LogP contribution in [0.4, 0.5) is 0 Å². The number of hydrogen-bond acceptors (Lipinski definition) is 5. The Labute approximate surface area is 141 Å². The second kappa shape index (κ2) is 8.77. The third kappa shape index (κ3) is 5.68. The van der Waals surface area contributed by atoms with Gasteiger partial charge < -0.3 is 19.7 Å². The quantitative estimate of drug-likeness (QED) is 0.764. The molecule has 0 spiro atoms. The summed E-state index contributed by atoms with van der Waals surface area (Å²) in [6, 6.07) is 0. The third-order valence-electron chi connectivity index (χ3n) is 5.38. The lowest BCUT2D eigenvalue weighted by atomic mass is 9.91. The summed E-state index contributed by atoms with van der Waals surface area (Å²) in [5, 5.41) is 3.42. The highest BCUT2D eigenvalue weighted by Gasteiger charge is 2.34. The molecule has 3 fully saturated rings. The van der Waals surface area contributed by atoms with E-state index >= 15 is 0 Å². The Morgan fingerprint density at radius 1 is 0.870 bits per heavy atom. The minimum absolute atomic E-state index is 0.347. The Morgan fingerprint density at radius 3 is 2.09 bits per heavy atom. The van der Waals surface area contributed by atoms with Gasteiger partial charge in [0.15, 0.2) is 0 Å². The van der Waals surface area contributed by atoms with E-state index in [0.717, 1.165) is 25.9 Å². The summed E-state index contributed by atoms with van der Waals surface area (Å²) in [5.74, 6) is 0. The zero-order chi connectivity index (χ0) is 16.1. The van der Waals surface area contributed by atoms with Crippen molar-refractivity contribution in [1.29, 1.82) is 0 Å². The van der Waals surface area contributed by atoms with Gasteiger partial charge in [-0.3, -0.25) is 4.90 Å². The highest BCUT2D eigenvalue weighted by molar-refractivity contribution is 4.84. The summed E-state index contributed by atoms with van der Waals surface area (Å²) < 4.78 is 12.1. The van der Waals surface area contributed by atoms with Crippen LogP contribution in [0.25, 0.3) is 0 Å². The molecule has 2 heterocycles. The zero-order valence-electron chi connectivity index (χ0n) is 15.0. The van der Waals surface area contributed by atoms with Crippen LogP contribution in [0.15, 0.2) is 0 Å². The van der Waals surface area contributed by atoms with E-state index in [4.69, 9.17) is 9.47 Å². The van der Waals surface area contributed by atoms with Gasteiger partial charge in [0, 0.05) is 52.4 Å². The van der Waals surface area contributed by atoms with E-state index in [9.17, 15) is 0 Å². The molecule has 0 radical (unpaired) electrons. The van der Waals surface area contributed by atoms with Crippen molar-refractivity contribution >= 4 is 0 Å². The molecule has 0 aromatic carbocycles. The SMILES string of the molecule is CC(C)O[C@H]1C[C@H](OC2CCN(CCN3CCNCC3)CC2)C1. The summed E-state index contributed by atoms with van der Waals surface area (Å²) in [5.41, 5.74) is 0. The summed E-state index contributed by atoms with van der Waals surface area (Å²) in [6.45, 7) is 13.8. The van der Waals surface area contributed by atoms with Gasteiger partial charge in [-0.05, 0) is 39.5 Å². The van der Waals surface area contributed by atoms with Gasteiger partial charge in [-0.2, -0.15) is 0 Å². The Hall–Kier alpha value is -0.200. The summed E-state index contributed by atoms with van der Waals surface area (Å²) in [7, 11) is 0. The molecule has 5 heteroatoms. The maximum Gasteiger partial charge on any atom is 0.0628 e. The molecular formula is C18H35N3O2. The first kappa shape index (κ1) is 17.6. The molecule has 23 heavy (non-hydrogen) atoms. The van der Waals surface area contributed by atoms with E-state index < -0.39 is 0 Å². The Balaban J connectivity index is 1.24. The molecule has 2 saturated heterocycles. The number of ether oxygens (including phenoxy) is 2. The number of rotatable bonds is 7. The van der Waals surface area contributed by atoms with Gasteiger partial charge in [-0.25, -0.2) is 0 Å². The van der Waals surface area contributed by atoms with Crippen LogP contribution < -0.4 is 5.32 Å².